The number of ether oxygens (including phenoxy) is 3. The largest absolute Gasteiger partial charge is 0.508 e. The molecule has 3 aromatic carbocycles. The number of pyridine rings is 1. The third-order valence-corrected chi connectivity index (χ3v) is 15.8. The zero-order valence-corrected chi connectivity index (χ0v) is 45.7. The van der Waals surface area contributed by atoms with Gasteiger partial charge in [-0.3, -0.25) is 29.2 Å². The number of amides is 3. The Morgan fingerprint density at radius 2 is 1.80 bits per heavy atom. The molecule has 4 aliphatic rings. The first-order chi connectivity index (χ1) is 36.4. The summed E-state index contributed by atoms with van der Waals surface area (Å²) >= 11 is 0. The summed E-state index contributed by atoms with van der Waals surface area (Å²) < 4.78 is 20.6. The van der Waals surface area contributed by atoms with E-state index in [9.17, 15) is 24.3 Å². The number of hydrogen-bond donors (Lipinski definition) is 3. The number of aromatic hydroxyl groups is 1. The number of cyclic esters (lactones) is 1. The number of aryl methyl sites for hydroxylation is 1. The predicted octanol–water partition coefficient (Wildman–Crippen LogP) is 7.81. The Kier molecular flexibility index (Phi) is 16.4. The maximum absolute atomic E-state index is 14.9. The molecule has 7 atom stereocenters. The summed E-state index contributed by atoms with van der Waals surface area (Å²) in [6, 6.07) is 20.6. The number of hydrogen-bond acceptors (Lipinski definition) is 11. The molecule has 9 rings (SSSR count). The number of rotatable bonds is 10. The van der Waals surface area contributed by atoms with Crippen LogP contribution < -0.4 is 10.7 Å². The van der Waals surface area contributed by atoms with Gasteiger partial charge in [0.05, 0.1) is 24.1 Å². The molecular formula is C61H75N7O8. The normalized spacial score (nSPS) is 22.9. The second-order valence-electron chi connectivity index (χ2n) is 22.5. The van der Waals surface area contributed by atoms with Crippen LogP contribution in [0.2, 0.25) is 0 Å². The molecule has 3 N–H and O–H groups in total. The summed E-state index contributed by atoms with van der Waals surface area (Å²) in [7, 11) is 5.43. The standard InChI is InChI=1S/C61H75N7O8/c1-10-67-52-21-20-43-32-47(52)49(55(67)48-29-40(34-62-53(48)38(4)74-9)19-18-39-22-25-65(7)35-39)33-61(5,6)36-76-60(73)50-17-14-24-68(64-50)58(71)51(30-41-27-44(43)31-45(69)28-41)63-57(70)54(37(2)3)66(8)59(72)56-46(23-26-75-56)42-15-12-11-13-16-42/h11-13,15-16,20-21,27-29,31-32,34,37-39,46,50-51,54,56,64,69H,10,14,17,22-26,30,33,35-36H2,1-9H3,(H,63,70)/t38-,39+,46+,50-,51-,54-,56+/m0/s1. The number of fused-ring (bicyclic) bond motifs is 6. The molecular weight excluding hydrogens is 959 g/mol. The van der Waals surface area contributed by atoms with E-state index < -0.39 is 47.4 Å². The number of phenols is 1. The molecule has 4 aliphatic heterocycles. The fourth-order valence-corrected chi connectivity index (χ4v) is 11.8. The molecule has 0 spiro atoms. The van der Waals surface area contributed by atoms with Gasteiger partial charge in [0.15, 0.2) is 0 Å². The highest BCUT2D eigenvalue weighted by molar-refractivity contribution is 5.96. The second kappa shape index (κ2) is 23.0. The molecule has 6 bridgehead atoms. The van der Waals surface area contributed by atoms with Gasteiger partial charge in [0.25, 0.3) is 11.8 Å². The number of likely N-dealkylation sites (N-methyl/N-ethyl adjacent to an activating group) is 1. The number of carbonyl (C=O) groups excluding carboxylic acids is 4. The Labute approximate surface area is 447 Å². The number of likely N-dealkylation sites (tertiary alicyclic amines) is 1. The summed E-state index contributed by atoms with van der Waals surface area (Å²) in [6.45, 7) is 15.4. The summed E-state index contributed by atoms with van der Waals surface area (Å²) in [4.78, 5) is 67.0. The van der Waals surface area contributed by atoms with Crippen molar-refractivity contribution in [3.05, 3.63) is 107 Å². The van der Waals surface area contributed by atoms with Crippen LogP contribution in [0.15, 0.2) is 79.0 Å². The van der Waals surface area contributed by atoms with Crippen LogP contribution in [-0.2, 0) is 52.8 Å². The van der Waals surface area contributed by atoms with Crippen molar-refractivity contribution in [3.8, 4) is 40.0 Å². The molecule has 3 saturated heterocycles. The average molecular weight is 1030 g/mol. The molecule has 2 aromatic heterocycles. The van der Waals surface area contributed by atoms with Crippen LogP contribution in [0.3, 0.4) is 0 Å². The zero-order valence-electron chi connectivity index (χ0n) is 45.7. The molecule has 5 aromatic rings. The van der Waals surface area contributed by atoms with Crippen LogP contribution in [0.5, 0.6) is 5.75 Å². The van der Waals surface area contributed by atoms with Crippen molar-refractivity contribution >= 4 is 34.6 Å². The minimum absolute atomic E-state index is 0.00651. The zero-order chi connectivity index (χ0) is 54.0. The predicted molar refractivity (Wildman–Crippen MR) is 293 cm³/mol. The monoisotopic (exact) mass is 1030 g/mol. The Bertz CT molecular complexity index is 3030. The second-order valence-corrected chi connectivity index (χ2v) is 22.5. The number of nitrogens with zero attached hydrogens (tertiary/aromatic N) is 5. The van der Waals surface area contributed by atoms with E-state index >= 15 is 0 Å². The number of esters is 1. The molecule has 15 nitrogen and oxygen atoms in total. The third kappa shape index (κ3) is 11.6. The summed E-state index contributed by atoms with van der Waals surface area (Å²) in [5, 5.41) is 17.0. The first-order valence-corrected chi connectivity index (χ1v) is 27.1. The van der Waals surface area contributed by atoms with Gasteiger partial charge >= 0.3 is 5.97 Å². The molecule has 0 saturated carbocycles. The first kappa shape index (κ1) is 54.2. The van der Waals surface area contributed by atoms with Gasteiger partial charge in [0, 0.05) is 92.3 Å². The fraction of sp³-hybridized carbons (Fsp3) is 0.492. The van der Waals surface area contributed by atoms with Crippen molar-refractivity contribution in [1.82, 2.24) is 35.1 Å². The smallest absolute Gasteiger partial charge is 0.324 e. The quantitative estimate of drug-likeness (QED) is 0.0923. The lowest BCUT2D eigenvalue weighted by molar-refractivity contribution is -0.155. The minimum Gasteiger partial charge on any atom is -0.508 e. The van der Waals surface area contributed by atoms with E-state index in [-0.39, 0.29) is 55.1 Å². The van der Waals surface area contributed by atoms with E-state index in [1.54, 1.807) is 26.3 Å². The highest BCUT2D eigenvalue weighted by Gasteiger charge is 2.42. The van der Waals surface area contributed by atoms with E-state index in [0.29, 0.717) is 44.4 Å². The molecule has 15 heteroatoms. The lowest BCUT2D eigenvalue weighted by Gasteiger charge is -2.37. The number of methoxy groups -OCH3 is 1. The van der Waals surface area contributed by atoms with Gasteiger partial charge in [-0.05, 0) is 124 Å². The molecule has 76 heavy (non-hydrogen) atoms. The van der Waals surface area contributed by atoms with Gasteiger partial charge < -0.3 is 39.0 Å². The fourth-order valence-electron chi connectivity index (χ4n) is 11.8. The number of phenolic OH excluding ortho intramolecular Hbond substituents is 1. The molecule has 402 valence electrons. The van der Waals surface area contributed by atoms with Crippen LogP contribution >= 0.6 is 0 Å². The van der Waals surface area contributed by atoms with E-state index in [1.165, 1.54) is 9.91 Å². The SMILES string of the molecule is CCn1c(-c2cc(C#C[C@@H]3CCN(C)C3)cnc2[C@H](C)OC)c2c3cc(ccc31)-c1cc(O)cc(c1)C[C@H](NC(=O)[C@H](C(C)C)N(C)C(=O)[C@@H]1OCC[C@@H]1c1ccccc1)C(=O)N1CCC[C@H](N1)C(=O)OCC(C)(C)C2. The van der Waals surface area contributed by atoms with Gasteiger partial charge in [-0.1, -0.05) is 82.0 Å². The number of benzene rings is 3. The van der Waals surface area contributed by atoms with Crippen molar-refractivity contribution in [1.29, 1.82) is 0 Å². The van der Waals surface area contributed by atoms with Crippen LogP contribution in [0, 0.1) is 29.1 Å². The van der Waals surface area contributed by atoms with Crippen LogP contribution in [0.1, 0.15) is 107 Å². The van der Waals surface area contributed by atoms with Gasteiger partial charge in [-0.2, -0.15) is 0 Å². The van der Waals surface area contributed by atoms with Gasteiger partial charge in [-0.25, -0.2) is 5.43 Å². The third-order valence-electron chi connectivity index (χ3n) is 15.8. The number of carbonyl (C=O) groups is 4. The number of hydrazine groups is 1. The summed E-state index contributed by atoms with van der Waals surface area (Å²) in [5.41, 5.74) is 11.3. The Hall–Kier alpha value is -6.57. The average Bonchev–Trinajstić information content (AvgIpc) is 4.18. The van der Waals surface area contributed by atoms with E-state index in [1.807, 2.05) is 69.4 Å². The van der Waals surface area contributed by atoms with Crippen LogP contribution in [-0.4, -0.2) is 131 Å². The van der Waals surface area contributed by atoms with Crippen molar-refractivity contribution in [2.45, 2.75) is 123 Å². The molecule has 6 heterocycles. The van der Waals surface area contributed by atoms with E-state index in [0.717, 1.165) is 75.2 Å². The Morgan fingerprint density at radius 3 is 2.53 bits per heavy atom. The molecule has 0 unspecified atom stereocenters. The van der Waals surface area contributed by atoms with Crippen LogP contribution in [0.25, 0.3) is 33.3 Å². The Balaban J connectivity index is 1.12. The lowest BCUT2D eigenvalue weighted by Crippen LogP contribution is -2.62. The molecule has 3 fully saturated rings. The van der Waals surface area contributed by atoms with Crippen LogP contribution in [0.4, 0.5) is 0 Å². The van der Waals surface area contributed by atoms with Crippen molar-refractivity contribution in [2.75, 3.05) is 54.1 Å². The van der Waals surface area contributed by atoms with Gasteiger partial charge in [0.1, 0.15) is 30.0 Å². The molecule has 3 amide bonds. The van der Waals surface area contributed by atoms with Crippen molar-refractivity contribution in [2.24, 2.45) is 17.3 Å². The number of nitrogens with one attached hydrogen (secondary N) is 2. The highest BCUT2D eigenvalue weighted by Crippen LogP contribution is 2.43. The van der Waals surface area contributed by atoms with E-state index in [2.05, 4.69) is 78.1 Å². The Morgan fingerprint density at radius 1 is 1.01 bits per heavy atom. The molecule has 0 radical (unpaired) electrons. The maximum Gasteiger partial charge on any atom is 0.324 e. The van der Waals surface area contributed by atoms with E-state index in [4.69, 9.17) is 19.2 Å². The number of aromatic nitrogens is 2. The van der Waals surface area contributed by atoms with Gasteiger partial charge in [-0.15, -0.1) is 0 Å². The summed E-state index contributed by atoms with van der Waals surface area (Å²) in [6.07, 6.45) is 3.87. The highest BCUT2D eigenvalue weighted by atomic mass is 16.5. The topological polar surface area (TPSA) is 168 Å². The first-order valence-electron chi connectivity index (χ1n) is 27.1. The minimum atomic E-state index is -1.17. The van der Waals surface area contributed by atoms with Gasteiger partial charge in [0.2, 0.25) is 5.91 Å². The van der Waals surface area contributed by atoms with Crippen molar-refractivity contribution in [3.63, 3.8) is 0 Å². The maximum atomic E-state index is 14.9. The molecule has 0 aliphatic carbocycles. The van der Waals surface area contributed by atoms with Crippen molar-refractivity contribution < 1.29 is 38.5 Å². The summed E-state index contributed by atoms with van der Waals surface area (Å²) in [5.74, 6) is 4.97. The lowest BCUT2D eigenvalue weighted by atomic mass is 9.84.